The summed E-state index contributed by atoms with van der Waals surface area (Å²) in [4.78, 5) is 12.3. The van der Waals surface area contributed by atoms with E-state index in [-0.39, 0.29) is 17.8 Å². The minimum Gasteiger partial charge on any atom is -0.483 e. The molecular formula is C24H27ClN4O2S. The van der Waals surface area contributed by atoms with E-state index in [1.54, 1.807) is 18.2 Å². The molecule has 168 valence electrons. The Kier molecular flexibility index (Phi) is 8.76. The largest absolute Gasteiger partial charge is 0.483 e. The molecule has 3 rings (SSSR count). The van der Waals surface area contributed by atoms with Crippen LogP contribution in [0.2, 0.25) is 5.02 Å². The highest BCUT2D eigenvalue weighted by molar-refractivity contribution is 7.99. The summed E-state index contributed by atoms with van der Waals surface area (Å²) in [6, 6.07) is 15.4. The Labute approximate surface area is 198 Å². The second kappa shape index (κ2) is 11.7. The third kappa shape index (κ3) is 6.61. The van der Waals surface area contributed by atoms with E-state index in [2.05, 4.69) is 41.1 Å². The van der Waals surface area contributed by atoms with E-state index in [0.717, 1.165) is 17.7 Å². The Morgan fingerprint density at radius 2 is 1.88 bits per heavy atom. The molecule has 1 atom stereocenters. The van der Waals surface area contributed by atoms with Gasteiger partial charge in [-0.05, 0) is 48.7 Å². The van der Waals surface area contributed by atoms with E-state index < -0.39 is 0 Å². The molecule has 1 amide bonds. The number of hydrogen-bond acceptors (Lipinski definition) is 5. The van der Waals surface area contributed by atoms with Crippen molar-refractivity contribution < 1.29 is 9.53 Å². The van der Waals surface area contributed by atoms with Gasteiger partial charge in [-0.2, -0.15) is 0 Å². The van der Waals surface area contributed by atoms with E-state index >= 15 is 0 Å². The SMILES string of the molecule is C=CCn1c(SCC(=O)NCc2ccc(Cl)cc2)nnc1C(C)Oc1ccc(CC)cc1. The van der Waals surface area contributed by atoms with Crippen LogP contribution in [0.15, 0.2) is 66.3 Å². The van der Waals surface area contributed by atoms with Gasteiger partial charge in [-0.3, -0.25) is 9.36 Å². The standard InChI is InChI=1S/C24H27ClN4O2S/c1-4-14-29-23(17(3)31-21-12-8-18(5-2)9-13-21)27-28-24(29)32-16-22(30)26-15-19-6-10-20(25)11-7-19/h4,6-13,17H,1,5,14-16H2,2-3H3,(H,26,30). The van der Waals surface area contributed by atoms with Crippen LogP contribution < -0.4 is 10.1 Å². The fourth-order valence-electron chi connectivity index (χ4n) is 3.05. The number of carbonyl (C=O) groups is 1. The smallest absolute Gasteiger partial charge is 0.230 e. The molecule has 0 radical (unpaired) electrons. The molecule has 0 aliphatic carbocycles. The number of amides is 1. The second-order valence-electron chi connectivity index (χ2n) is 7.19. The fraction of sp³-hybridized carbons (Fsp3) is 0.292. The van der Waals surface area contributed by atoms with Gasteiger partial charge in [0.05, 0.1) is 5.75 Å². The summed E-state index contributed by atoms with van der Waals surface area (Å²) >= 11 is 7.23. The Bertz CT molecular complexity index is 1040. The number of rotatable bonds is 11. The van der Waals surface area contributed by atoms with Crippen LogP contribution in [0, 0.1) is 0 Å². The van der Waals surface area contributed by atoms with Crippen molar-refractivity contribution in [3.63, 3.8) is 0 Å². The summed E-state index contributed by atoms with van der Waals surface area (Å²) in [5.74, 6) is 1.61. The van der Waals surface area contributed by atoms with Crippen LogP contribution in [0.5, 0.6) is 5.75 Å². The van der Waals surface area contributed by atoms with E-state index in [0.29, 0.717) is 29.1 Å². The molecular weight excluding hydrogens is 444 g/mol. The predicted molar refractivity (Wildman–Crippen MR) is 129 cm³/mol. The molecule has 1 N–H and O–H groups in total. The van der Waals surface area contributed by atoms with Gasteiger partial charge in [-0.1, -0.05) is 60.6 Å². The molecule has 2 aromatic carbocycles. The van der Waals surface area contributed by atoms with E-state index in [1.165, 1.54) is 17.3 Å². The van der Waals surface area contributed by atoms with Crippen LogP contribution in [0.1, 0.15) is 36.9 Å². The number of nitrogens with one attached hydrogen (secondary N) is 1. The third-order valence-electron chi connectivity index (χ3n) is 4.80. The Morgan fingerprint density at radius 3 is 2.53 bits per heavy atom. The maximum absolute atomic E-state index is 12.3. The molecule has 0 aliphatic rings. The van der Waals surface area contributed by atoms with Gasteiger partial charge in [0.2, 0.25) is 5.91 Å². The fourth-order valence-corrected chi connectivity index (χ4v) is 3.96. The number of aryl methyl sites for hydroxylation is 1. The topological polar surface area (TPSA) is 69.0 Å². The maximum atomic E-state index is 12.3. The first-order valence-electron chi connectivity index (χ1n) is 10.4. The van der Waals surface area contributed by atoms with Crippen molar-refractivity contribution >= 4 is 29.3 Å². The first-order chi connectivity index (χ1) is 15.5. The van der Waals surface area contributed by atoms with Crippen molar-refractivity contribution in [1.29, 1.82) is 0 Å². The van der Waals surface area contributed by atoms with Crippen molar-refractivity contribution in [3.8, 4) is 5.75 Å². The molecule has 32 heavy (non-hydrogen) atoms. The van der Waals surface area contributed by atoms with Crippen LogP contribution in [-0.2, 0) is 24.3 Å². The number of thioether (sulfide) groups is 1. The van der Waals surface area contributed by atoms with Crippen molar-refractivity contribution in [2.75, 3.05) is 5.75 Å². The number of aromatic nitrogens is 3. The van der Waals surface area contributed by atoms with Gasteiger partial charge >= 0.3 is 0 Å². The van der Waals surface area contributed by atoms with Gasteiger partial charge in [0, 0.05) is 18.1 Å². The van der Waals surface area contributed by atoms with Crippen molar-refractivity contribution in [3.05, 3.63) is 83.2 Å². The molecule has 8 heteroatoms. The minimum atomic E-state index is -0.303. The maximum Gasteiger partial charge on any atom is 0.230 e. The lowest BCUT2D eigenvalue weighted by molar-refractivity contribution is -0.118. The highest BCUT2D eigenvalue weighted by Gasteiger charge is 2.19. The predicted octanol–water partition coefficient (Wildman–Crippen LogP) is 5.23. The zero-order valence-corrected chi connectivity index (χ0v) is 19.8. The zero-order chi connectivity index (χ0) is 22.9. The van der Waals surface area contributed by atoms with Crippen LogP contribution >= 0.6 is 23.4 Å². The molecule has 1 aromatic heterocycles. The lowest BCUT2D eigenvalue weighted by atomic mass is 10.2. The summed E-state index contributed by atoms with van der Waals surface area (Å²) in [5, 5.41) is 12.8. The van der Waals surface area contributed by atoms with Crippen molar-refractivity contribution in [2.24, 2.45) is 0 Å². The highest BCUT2D eigenvalue weighted by Crippen LogP contribution is 2.25. The lowest BCUT2D eigenvalue weighted by Gasteiger charge is -2.16. The molecule has 0 bridgehead atoms. The molecule has 3 aromatic rings. The van der Waals surface area contributed by atoms with Gasteiger partial charge in [-0.25, -0.2) is 0 Å². The summed E-state index contributed by atoms with van der Waals surface area (Å²) in [7, 11) is 0. The first kappa shape index (κ1) is 23.9. The average Bonchev–Trinajstić information content (AvgIpc) is 3.20. The van der Waals surface area contributed by atoms with E-state index in [1.807, 2.05) is 35.8 Å². The molecule has 0 aliphatic heterocycles. The quantitative estimate of drug-likeness (QED) is 0.307. The van der Waals surface area contributed by atoms with Crippen LogP contribution in [-0.4, -0.2) is 26.4 Å². The number of nitrogens with zero attached hydrogens (tertiary/aromatic N) is 3. The summed E-state index contributed by atoms with van der Waals surface area (Å²) in [5.41, 5.74) is 2.25. The highest BCUT2D eigenvalue weighted by atomic mass is 35.5. The molecule has 1 unspecified atom stereocenters. The molecule has 6 nitrogen and oxygen atoms in total. The molecule has 0 saturated carbocycles. The summed E-state index contributed by atoms with van der Waals surface area (Å²) < 4.78 is 7.99. The number of halogens is 1. The van der Waals surface area contributed by atoms with Crippen LogP contribution in [0.3, 0.4) is 0 Å². The Hall–Kier alpha value is -2.77. The normalized spacial score (nSPS) is 11.7. The number of allylic oxidation sites excluding steroid dienone is 1. The molecule has 1 heterocycles. The summed E-state index contributed by atoms with van der Waals surface area (Å²) in [6.45, 7) is 8.86. The number of hydrogen-bond donors (Lipinski definition) is 1. The van der Waals surface area contributed by atoms with E-state index in [4.69, 9.17) is 16.3 Å². The van der Waals surface area contributed by atoms with Gasteiger partial charge in [0.25, 0.3) is 0 Å². The lowest BCUT2D eigenvalue weighted by Crippen LogP contribution is -2.24. The zero-order valence-electron chi connectivity index (χ0n) is 18.3. The van der Waals surface area contributed by atoms with Gasteiger partial charge < -0.3 is 10.1 Å². The number of ether oxygens (including phenoxy) is 1. The Balaban J connectivity index is 1.59. The summed E-state index contributed by atoms with van der Waals surface area (Å²) in [6.07, 6.45) is 2.46. The molecule has 0 saturated heterocycles. The van der Waals surface area contributed by atoms with Crippen LogP contribution in [0.25, 0.3) is 0 Å². The van der Waals surface area contributed by atoms with Gasteiger partial charge in [-0.15, -0.1) is 16.8 Å². The van der Waals surface area contributed by atoms with Crippen LogP contribution in [0.4, 0.5) is 0 Å². The number of benzene rings is 2. The van der Waals surface area contributed by atoms with Gasteiger partial charge in [0.15, 0.2) is 17.1 Å². The third-order valence-corrected chi connectivity index (χ3v) is 6.02. The minimum absolute atomic E-state index is 0.0834. The number of carbonyl (C=O) groups excluding carboxylic acids is 1. The molecule has 0 fully saturated rings. The average molecular weight is 471 g/mol. The Morgan fingerprint density at radius 1 is 1.19 bits per heavy atom. The monoisotopic (exact) mass is 470 g/mol. The van der Waals surface area contributed by atoms with E-state index in [9.17, 15) is 4.79 Å². The van der Waals surface area contributed by atoms with Crippen molar-refractivity contribution in [1.82, 2.24) is 20.1 Å². The van der Waals surface area contributed by atoms with Gasteiger partial charge in [0.1, 0.15) is 5.75 Å². The second-order valence-corrected chi connectivity index (χ2v) is 8.57. The molecule has 0 spiro atoms. The first-order valence-corrected chi connectivity index (χ1v) is 11.8. The van der Waals surface area contributed by atoms with Crippen molar-refractivity contribution in [2.45, 2.75) is 44.6 Å².